The number of aryl methyl sites for hydroxylation is 1. The first kappa shape index (κ1) is 14.0. The van der Waals surface area contributed by atoms with Gasteiger partial charge in [0.2, 0.25) is 0 Å². The zero-order valence-electron chi connectivity index (χ0n) is 11.0. The van der Waals surface area contributed by atoms with Crippen LogP contribution in [0.4, 0.5) is 4.39 Å². The van der Waals surface area contributed by atoms with Crippen LogP contribution in [0, 0.1) is 5.82 Å². The zero-order valence-corrected chi connectivity index (χ0v) is 11.0. The lowest BCUT2D eigenvalue weighted by molar-refractivity contribution is 0.312. The summed E-state index contributed by atoms with van der Waals surface area (Å²) in [7, 11) is 4.08. The molecule has 0 aliphatic carbocycles. The Kier molecular flexibility index (Phi) is 5.98. The van der Waals surface area contributed by atoms with E-state index >= 15 is 0 Å². The van der Waals surface area contributed by atoms with Crippen LogP contribution in [0.15, 0.2) is 18.2 Å². The van der Waals surface area contributed by atoms with Gasteiger partial charge in [0.1, 0.15) is 11.6 Å². The largest absolute Gasteiger partial charge is 0.493 e. The summed E-state index contributed by atoms with van der Waals surface area (Å²) in [5, 5.41) is 0. The van der Waals surface area contributed by atoms with Gasteiger partial charge in [0, 0.05) is 0 Å². The minimum absolute atomic E-state index is 0.186. The molecule has 0 amide bonds. The van der Waals surface area contributed by atoms with E-state index < -0.39 is 0 Å². The molecule has 17 heavy (non-hydrogen) atoms. The Hall–Kier alpha value is -1.09. The van der Waals surface area contributed by atoms with E-state index in [4.69, 9.17) is 4.74 Å². The molecule has 0 unspecified atom stereocenters. The first-order chi connectivity index (χ1) is 8.13. The highest BCUT2D eigenvalue weighted by atomic mass is 19.1. The standard InChI is InChI=1S/C14H22FNO/c1-4-10-17-14-8-7-13(15)11-12(14)6-5-9-16(2)3/h7-8,11H,4-6,9-10H2,1-3H3. The van der Waals surface area contributed by atoms with Crippen molar-refractivity contribution in [2.24, 2.45) is 0 Å². The molecule has 0 heterocycles. The molecule has 0 fully saturated rings. The van der Waals surface area contributed by atoms with Crippen LogP contribution < -0.4 is 4.74 Å². The monoisotopic (exact) mass is 239 g/mol. The van der Waals surface area contributed by atoms with Crippen molar-refractivity contribution < 1.29 is 9.13 Å². The predicted octanol–water partition coefficient (Wildman–Crippen LogP) is 3.11. The number of benzene rings is 1. The summed E-state index contributed by atoms with van der Waals surface area (Å²) in [5.74, 6) is 0.640. The van der Waals surface area contributed by atoms with Crippen molar-refractivity contribution in [3.8, 4) is 5.75 Å². The molecule has 0 aliphatic rings. The number of hydrogen-bond donors (Lipinski definition) is 0. The van der Waals surface area contributed by atoms with Crippen molar-refractivity contribution in [1.29, 1.82) is 0 Å². The van der Waals surface area contributed by atoms with Crippen LogP contribution in [0.2, 0.25) is 0 Å². The molecular weight excluding hydrogens is 217 g/mol. The SMILES string of the molecule is CCCOc1ccc(F)cc1CCCN(C)C. The molecular formula is C14H22FNO. The van der Waals surface area contributed by atoms with Gasteiger partial charge in [-0.15, -0.1) is 0 Å². The maximum absolute atomic E-state index is 13.2. The Morgan fingerprint density at radius 2 is 2.06 bits per heavy atom. The van der Waals surface area contributed by atoms with E-state index in [0.29, 0.717) is 6.61 Å². The van der Waals surface area contributed by atoms with Crippen LogP contribution in [-0.4, -0.2) is 32.1 Å². The number of rotatable bonds is 7. The van der Waals surface area contributed by atoms with Gasteiger partial charge in [-0.25, -0.2) is 4.39 Å². The van der Waals surface area contributed by atoms with E-state index in [1.165, 1.54) is 6.07 Å². The average molecular weight is 239 g/mol. The van der Waals surface area contributed by atoms with E-state index in [0.717, 1.165) is 37.1 Å². The Morgan fingerprint density at radius 3 is 2.71 bits per heavy atom. The normalized spacial score (nSPS) is 10.9. The summed E-state index contributed by atoms with van der Waals surface area (Å²) in [5.41, 5.74) is 0.972. The van der Waals surface area contributed by atoms with Gasteiger partial charge >= 0.3 is 0 Å². The smallest absolute Gasteiger partial charge is 0.123 e. The van der Waals surface area contributed by atoms with Crippen molar-refractivity contribution in [3.63, 3.8) is 0 Å². The van der Waals surface area contributed by atoms with E-state index in [-0.39, 0.29) is 5.82 Å². The quantitative estimate of drug-likeness (QED) is 0.725. The highest BCUT2D eigenvalue weighted by Gasteiger charge is 2.05. The molecule has 0 spiro atoms. The van der Waals surface area contributed by atoms with E-state index in [1.54, 1.807) is 12.1 Å². The summed E-state index contributed by atoms with van der Waals surface area (Å²) < 4.78 is 18.8. The lowest BCUT2D eigenvalue weighted by Crippen LogP contribution is -2.13. The molecule has 3 heteroatoms. The molecule has 0 N–H and O–H groups in total. The van der Waals surface area contributed by atoms with Gasteiger partial charge in [-0.2, -0.15) is 0 Å². The third-order valence-corrected chi connectivity index (χ3v) is 2.54. The first-order valence-corrected chi connectivity index (χ1v) is 6.19. The van der Waals surface area contributed by atoms with Gasteiger partial charge < -0.3 is 9.64 Å². The lowest BCUT2D eigenvalue weighted by atomic mass is 10.1. The predicted molar refractivity (Wildman–Crippen MR) is 69.1 cm³/mol. The molecule has 2 nitrogen and oxygen atoms in total. The van der Waals surface area contributed by atoms with Crippen molar-refractivity contribution in [2.45, 2.75) is 26.2 Å². The summed E-state index contributed by atoms with van der Waals surface area (Å²) in [6.07, 6.45) is 2.84. The minimum atomic E-state index is -0.186. The van der Waals surface area contributed by atoms with Crippen LogP contribution >= 0.6 is 0 Å². The van der Waals surface area contributed by atoms with Crippen LogP contribution in [0.3, 0.4) is 0 Å². The fraction of sp³-hybridized carbons (Fsp3) is 0.571. The third kappa shape index (κ3) is 5.18. The molecule has 0 saturated heterocycles. The molecule has 0 aromatic heterocycles. The van der Waals surface area contributed by atoms with E-state index in [2.05, 4.69) is 11.8 Å². The number of hydrogen-bond acceptors (Lipinski definition) is 2. The molecule has 0 radical (unpaired) electrons. The summed E-state index contributed by atoms with van der Waals surface area (Å²) in [4.78, 5) is 2.13. The summed E-state index contributed by atoms with van der Waals surface area (Å²) >= 11 is 0. The van der Waals surface area contributed by atoms with Crippen LogP contribution in [0.5, 0.6) is 5.75 Å². The van der Waals surface area contributed by atoms with Crippen LogP contribution in [0.25, 0.3) is 0 Å². The van der Waals surface area contributed by atoms with Crippen molar-refractivity contribution in [2.75, 3.05) is 27.2 Å². The zero-order chi connectivity index (χ0) is 12.7. The van der Waals surface area contributed by atoms with Crippen LogP contribution in [-0.2, 0) is 6.42 Å². The maximum atomic E-state index is 13.2. The van der Waals surface area contributed by atoms with E-state index in [9.17, 15) is 4.39 Å². The third-order valence-electron chi connectivity index (χ3n) is 2.54. The summed E-state index contributed by atoms with van der Waals surface area (Å²) in [6, 6.07) is 4.77. The number of ether oxygens (including phenoxy) is 1. The molecule has 0 bridgehead atoms. The Balaban J connectivity index is 2.62. The molecule has 96 valence electrons. The van der Waals surface area contributed by atoms with E-state index in [1.807, 2.05) is 14.1 Å². The Labute approximate surface area is 103 Å². The van der Waals surface area contributed by atoms with Gasteiger partial charge in [0.05, 0.1) is 6.61 Å². The minimum Gasteiger partial charge on any atom is -0.493 e. The van der Waals surface area contributed by atoms with Gasteiger partial charge in [-0.3, -0.25) is 0 Å². The number of nitrogens with zero attached hydrogens (tertiary/aromatic N) is 1. The van der Waals surface area contributed by atoms with Gasteiger partial charge in [-0.05, 0) is 63.7 Å². The Morgan fingerprint density at radius 1 is 1.29 bits per heavy atom. The second-order valence-electron chi connectivity index (χ2n) is 4.51. The van der Waals surface area contributed by atoms with Gasteiger partial charge in [0.15, 0.2) is 0 Å². The maximum Gasteiger partial charge on any atom is 0.123 e. The topological polar surface area (TPSA) is 12.5 Å². The molecule has 1 aromatic carbocycles. The Bertz CT molecular complexity index is 339. The first-order valence-electron chi connectivity index (χ1n) is 6.19. The van der Waals surface area contributed by atoms with Gasteiger partial charge in [-0.1, -0.05) is 6.92 Å². The highest BCUT2D eigenvalue weighted by molar-refractivity contribution is 5.34. The van der Waals surface area contributed by atoms with Crippen molar-refractivity contribution in [1.82, 2.24) is 4.90 Å². The molecule has 1 aromatic rings. The summed E-state index contributed by atoms with van der Waals surface area (Å²) in [6.45, 7) is 3.76. The fourth-order valence-corrected chi connectivity index (χ4v) is 1.68. The average Bonchev–Trinajstić information content (AvgIpc) is 2.27. The second kappa shape index (κ2) is 7.28. The van der Waals surface area contributed by atoms with Crippen molar-refractivity contribution >= 4 is 0 Å². The number of halogens is 1. The molecule has 0 aliphatic heterocycles. The van der Waals surface area contributed by atoms with Crippen LogP contribution in [0.1, 0.15) is 25.3 Å². The second-order valence-corrected chi connectivity index (χ2v) is 4.51. The lowest BCUT2D eigenvalue weighted by Gasteiger charge is -2.13. The fourth-order valence-electron chi connectivity index (χ4n) is 1.68. The highest BCUT2D eigenvalue weighted by Crippen LogP contribution is 2.21. The molecule has 0 saturated carbocycles. The van der Waals surface area contributed by atoms with Gasteiger partial charge in [0.25, 0.3) is 0 Å². The molecule has 0 atom stereocenters. The molecule has 1 rings (SSSR count). The van der Waals surface area contributed by atoms with Crippen molar-refractivity contribution in [3.05, 3.63) is 29.6 Å².